The first-order valence-corrected chi connectivity index (χ1v) is 7.31. The van der Waals surface area contributed by atoms with E-state index in [0.29, 0.717) is 6.54 Å². The molecule has 0 radical (unpaired) electrons. The highest BCUT2D eigenvalue weighted by Gasteiger charge is 2.43. The van der Waals surface area contributed by atoms with Crippen molar-refractivity contribution >= 4 is 0 Å². The molecule has 0 saturated carbocycles. The number of rotatable bonds is 2. The van der Waals surface area contributed by atoms with Crippen molar-refractivity contribution in [2.45, 2.75) is 24.9 Å². The van der Waals surface area contributed by atoms with Crippen LogP contribution in [0.25, 0.3) is 0 Å². The number of morpholine rings is 1. The van der Waals surface area contributed by atoms with Gasteiger partial charge in [0.2, 0.25) is 5.79 Å². The van der Waals surface area contributed by atoms with E-state index in [0.717, 1.165) is 11.1 Å². The Morgan fingerprint density at radius 2 is 1.62 bits per heavy atom. The Morgan fingerprint density at radius 3 is 2.24 bits per heavy atom. The van der Waals surface area contributed by atoms with Gasteiger partial charge in [-0.1, -0.05) is 60.7 Å². The predicted octanol–water partition coefficient (Wildman–Crippen LogP) is 2.92. The summed E-state index contributed by atoms with van der Waals surface area (Å²) in [7, 11) is 2.02. The maximum Gasteiger partial charge on any atom is 0.206 e. The Hall–Kier alpha value is -1.68. The van der Waals surface area contributed by atoms with E-state index < -0.39 is 5.79 Å². The summed E-state index contributed by atoms with van der Waals surface area (Å²) < 4.78 is 6.14. The van der Waals surface area contributed by atoms with Gasteiger partial charge in [-0.15, -0.1) is 0 Å². The number of likely N-dealkylation sites (N-methyl/N-ethyl adjacent to an activating group) is 1. The molecule has 1 fully saturated rings. The molecule has 0 amide bonds. The zero-order chi connectivity index (χ0) is 14.9. The normalized spacial score (nSPS) is 30.2. The molecule has 0 bridgehead atoms. The SMILES string of the molecule is C[C@H]1[C@H](c2ccccc2)O[C@](O)(c2ccccc2)CN1C. The first kappa shape index (κ1) is 14.3. The minimum absolute atomic E-state index is 0.157. The molecule has 1 N–H and O–H groups in total. The third-order valence-corrected chi connectivity index (χ3v) is 4.27. The first-order chi connectivity index (χ1) is 10.1. The van der Waals surface area contributed by atoms with Crippen LogP contribution in [0, 0.1) is 0 Å². The molecule has 21 heavy (non-hydrogen) atoms. The van der Waals surface area contributed by atoms with Crippen molar-refractivity contribution in [2.75, 3.05) is 13.6 Å². The summed E-state index contributed by atoms with van der Waals surface area (Å²) in [5.41, 5.74) is 1.88. The highest BCUT2D eigenvalue weighted by molar-refractivity contribution is 5.24. The van der Waals surface area contributed by atoms with E-state index in [1.54, 1.807) is 0 Å². The van der Waals surface area contributed by atoms with E-state index in [2.05, 4.69) is 11.8 Å². The van der Waals surface area contributed by atoms with Gasteiger partial charge in [0.05, 0.1) is 6.54 Å². The molecule has 110 valence electrons. The zero-order valence-corrected chi connectivity index (χ0v) is 12.4. The second-order valence-corrected chi connectivity index (χ2v) is 5.76. The third kappa shape index (κ3) is 2.72. The molecule has 1 heterocycles. The number of aliphatic hydroxyl groups is 1. The first-order valence-electron chi connectivity index (χ1n) is 7.31. The molecule has 3 rings (SSSR count). The lowest BCUT2D eigenvalue weighted by Gasteiger charge is -2.46. The fraction of sp³-hybridized carbons (Fsp3) is 0.333. The van der Waals surface area contributed by atoms with Crippen LogP contribution in [0.15, 0.2) is 60.7 Å². The van der Waals surface area contributed by atoms with Crippen molar-refractivity contribution in [2.24, 2.45) is 0 Å². The average Bonchev–Trinajstić information content (AvgIpc) is 2.53. The topological polar surface area (TPSA) is 32.7 Å². The Balaban J connectivity index is 1.95. The number of β-amino-alcohol motifs (C(OH)–C–C–N with tert-alkyl or cyclic N) is 1. The van der Waals surface area contributed by atoms with Crippen LogP contribution in [0.4, 0.5) is 0 Å². The van der Waals surface area contributed by atoms with Gasteiger partial charge in [-0.25, -0.2) is 0 Å². The van der Waals surface area contributed by atoms with E-state index in [1.165, 1.54) is 0 Å². The van der Waals surface area contributed by atoms with E-state index in [4.69, 9.17) is 4.74 Å². The summed E-state index contributed by atoms with van der Waals surface area (Å²) in [4.78, 5) is 2.15. The van der Waals surface area contributed by atoms with Crippen LogP contribution in [0.2, 0.25) is 0 Å². The van der Waals surface area contributed by atoms with Gasteiger partial charge in [-0.2, -0.15) is 0 Å². The third-order valence-electron chi connectivity index (χ3n) is 4.27. The van der Waals surface area contributed by atoms with E-state index in [9.17, 15) is 5.11 Å². The minimum Gasteiger partial charge on any atom is -0.361 e. The molecule has 3 atom stereocenters. The lowest BCUT2D eigenvalue weighted by Crippen LogP contribution is -2.53. The summed E-state index contributed by atoms with van der Waals surface area (Å²) in [6.45, 7) is 2.59. The lowest BCUT2D eigenvalue weighted by atomic mass is 9.96. The fourth-order valence-electron chi connectivity index (χ4n) is 2.91. The molecule has 3 nitrogen and oxygen atoms in total. The van der Waals surface area contributed by atoms with Crippen molar-refractivity contribution < 1.29 is 9.84 Å². The molecule has 2 aromatic rings. The highest BCUT2D eigenvalue weighted by Crippen LogP contribution is 2.38. The van der Waals surface area contributed by atoms with E-state index >= 15 is 0 Å². The number of ether oxygens (including phenoxy) is 1. The molecule has 0 unspecified atom stereocenters. The van der Waals surface area contributed by atoms with E-state index in [-0.39, 0.29) is 12.1 Å². The largest absolute Gasteiger partial charge is 0.361 e. The molecular weight excluding hydrogens is 262 g/mol. The van der Waals surface area contributed by atoms with Crippen LogP contribution in [0.3, 0.4) is 0 Å². The van der Waals surface area contributed by atoms with E-state index in [1.807, 2.05) is 67.7 Å². The molecule has 1 aliphatic heterocycles. The Morgan fingerprint density at radius 1 is 1.05 bits per heavy atom. The monoisotopic (exact) mass is 283 g/mol. The van der Waals surface area contributed by atoms with Crippen LogP contribution in [-0.2, 0) is 10.5 Å². The van der Waals surface area contributed by atoms with Gasteiger partial charge in [0.25, 0.3) is 0 Å². The van der Waals surface area contributed by atoms with Gasteiger partial charge in [0, 0.05) is 11.6 Å². The quantitative estimate of drug-likeness (QED) is 0.920. The predicted molar refractivity (Wildman–Crippen MR) is 82.7 cm³/mol. The molecule has 0 aliphatic carbocycles. The van der Waals surface area contributed by atoms with Crippen molar-refractivity contribution in [3.05, 3.63) is 71.8 Å². The number of hydrogen-bond acceptors (Lipinski definition) is 3. The smallest absolute Gasteiger partial charge is 0.206 e. The number of benzene rings is 2. The molecule has 1 aliphatic rings. The summed E-state index contributed by atoms with van der Waals surface area (Å²) in [6, 6.07) is 19.9. The summed E-state index contributed by atoms with van der Waals surface area (Å²) in [5.74, 6) is -1.27. The molecule has 0 spiro atoms. The molecule has 2 aromatic carbocycles. The summed E-state index contributed by atoms with van der Waals surface area (Å²) in [5, 5.41) is 11.0. The van der Waals surface area contributed by atoms with Crippen LogP contribution in [-0.4, -0.2) is 29.6 Å². The van der Waals surface area contributed by atoms with Crippen molar-refractivity contribution in [3.8, 4) is 0 Å². The van der Waals surface area contributed by atoms with Crippen LogP contribution < -0.4 is 0 Å². The van der Waals surface area contributed by atoms with Crippen LogP contribution >= 0.6 is 0 Å². The second kappa shape index (κ2) is 5.60. The van der Waals surface area contributed by atoms with Crippen molar-refractivity contribution in [1.29, 1.82) is 0 Å². The Labute approximate surface area is 125 Å². The maximum absolute atomic E-state index is 11.0. The number of nitrogens with zero attached hydrogens (tertiary/aromatic N) is 1. The Bertz CT molecular complexity index is 587. The maximum atomic E-state index is 11.0. The van der Waals surface area contributed by atoms with Gasteiger partial charge in [0.15, 0.2) is 0 Å². The average molecular weight is 283 g/mol. The van der Waals surface area contributed by atoms with Gasteiger partial charge in [0.1, 0.15) is 6.10 Å². The molecular formula is C18H21NO2. The standard InChI is InChI=1S/C18H21NO2/c1-14-17(15-9-5-3-6-10-15)21-18(20,13-19(14)2)16-11-7-4-8-12-16/h3-12,14,17,20H,13H2,1-2H3/t14-,17+,18-/m0/s1. The van der Waals surface area contributed by atoms with Crippen molar-refractivity contribution in [3.63, 3.8) is 0 Å². The molecule has 0 aromatic heterocycles. The summed E-state index contributed by atoms with van der Waals surface area (Å²) >= 11 is 0. The van der Waals surface area contributed by atoms with Gasteiger partial charge in [-0.3, -0.25) is 4.90 Å². The second-order valence-electron chi connectivity index (χ2n) is 5.76. The van der Waals surface area contributed by atoms with Crippen LogP contribution in [0.5, 0.6) is 0 Å². The van der Waals surface area contributed by atoms with Crippen molar-refractivity contribution in [1.82, 2.24) is 4.90 Å². The number of hydrogen-bond donors (Lipinski definition) is 1. The van der Waals surface area contributed by atoms with Crippen LogP contribution in [0.1, 0.15) is 24.2 Å². The molecule has 1 saturated heterocycles. The molecule has 3 heteroatoms. The zero-order valence-electron chi connectivity index (χ0n) is 12.4. The van der Waals surface area contributed by atoms with Gasteiger partial charge >= 0.3 is 0 Å². The highest BCUT2D eigenvalue weighted by atomic mass is 16.6. The minimum atomic E-state index is -1.27. The Kier molecular flexibility index (Phi) is 3.81. The lowest BCUT2D eigenvalue weighted by molar-refractivity contribution is -0.289. The van der Waals surface area contributed by atoms with Gasteiger partial charge in [-0.05, 0) is 19.5 Å². The fourth-order valence-corrected chi connectivity index (χ4v) is 2.91. The van der Waals surface area contributed by atoms with Gasteiger partial charge < -0.3 is 9.84 Å². The summed E-state index contributed by atoms with van der Waals surface area (Å²) in [6.07, 6.45) is -0.157.